The Morgan fingerprint density at radius 3 is 2.62 bits per heavy atom. The van der Waals surface area contributed by atoms with E-state index < -0.39 is 0 Å². The zero-order chi connectivity index (χ0) is 20.3. The molecule has 0 spiro atoms. The quantitative estimate of drug-likeness (QED) is 0.441. The van der Waals surface area contributed by atoms with Crippen molar-refractivity contribution in [2.24, 2.45) is 0 Å². The van der Waals surface area contributed by atoms with Gasteiger partial charge < -0.3 is 14.8 Å². The average Bonchev–Trinajstić information content (AvgIpc) is 2.75. The molecule has 0 aliphatic rings. The molecule has 5 heteroatoms. The largest absolute Gasteiger partial charge is 0.492 e. The van der Waals surface area contributed by atoms with Crippen LogP contribution in [0, 0.1) is 6.92 Å². The lowest BCUT2D eigenvalue weighted by Crippen LogP contribution is -2.26. The summed E-state index contributed by atoms with van der Waals surface area (Å²) in [5.41, 5.74) is 2.93. The number of carbonyl (C=O) groups is 1. The lowest BCUT2D eigenvalue weighted by molar-refractivity contribution is -0.116. The Balaban J connectivity index is 1.38. The maximum absolute atomic E-state index is 11.9. The average molecular weight is 388 g/mol. The SMILES string of the molecule is Cc1cccc(OCCNC(=O)/C=C/c2ccc(OCc3ccccn3)cc2)c1. The fraction of sp³-hybridized carbons (Fsp3) is 0.167. The summed E-state index contributed by atoms with van der Waals surface area (Å²) in [7, 11) is 0. The van der Waals surface area contributed by atoms with E-state index >= 15 is 0 Å². The van der Waals surface area contributed by atoms with Crippen molar-refractivity contribution in [3.05, 3.63) is 95.8 Å². The molecule has 0 fully saturated rings. The highest BCUT2D eigenvalue weighted by atomic mass is 16.5. The van der Waals surface area contributed by atoms with Gasteiger partial charge in [0.1, 0.15) is 24.7 Å². The zero-order valence-electron chi connectivity index (χ0n) is 16.4. The van der Waals surface area contributed by atoms with Crippen molar-refractivity contribution in [1.82, 2.24) is 10.3 Å². The van der Waals surface area contributed by atoms with Crippen LogP contribution in [0.3, 0.4) is 0 Å². The Bertz CT molecular complexity index is 938. The van der Waals surface area contributed by atoms with Gasteiger partial charge in [-0.1, -0.05) is 30.3 Å². The molecule has 2 aromatic carbocycles. The molecule has 5 nitrogen and oxygen atoms in total. The third-order valence-corrected chi connectivity index (χ3v) is 4.08. The van der Waals surface area contributed by atoms with E-state index in [0.29, 0.717) is 19.8 Å². The van der Waals surface area contributed by atoms with Crippen molar-refractivity contribution in [1.29, 1.82) is 0 Å². The molecule has 0 saturated heterocycles. The van der Waals surface area contributed by atoms with Gasteiger partial charge in [0.2, 0.25) is 5.91 Å². The van der Waals surface area contributed by atoms with Crippen LogP contribution in [-0.2, 0) is 11.4 Å². The van der Waals surface area contributed by atoms with Gasteiger partial charge in [-0.25, -0.2) is 0 Å². The molecule has 3 rings (SSSR count). The highest BCUT2D eigenvalue weighted by Gasteiger charge is 1.99. The van der Waals surface area contributed by atoms with Gasteiger partial charge in [0.25, 0.3) is 0 Å². The first-order valence-electron chi connectivity index (χ1n) is 9.47. The number of nitrogens with one attached hydrogen (secondary N) is 1. The number of aryl methyl sites for hydroxylation is 1. The molecule has 3 aromatic rings. The number of ether oxygens (including phenoxy) is 2. The van der Waals surface area contributed by atoms with Crippen LogP contribution in [0.15, 0.2) is 79.0 Å². The Morgan fingerprint density at radius 2 is 1.86 bits per heavy atom. The van der Waals surface area contributed by atoms with E-state index in [1.807, 2.05) is 73.7 Å². The van der Waals surface area contributed by atoms with Gasteiger partial charge in [-0.3, -0.25) is 9.78 Å². The van der Waals surface area contributed by atoms with Crippen molar-refractivity contribution < 1.29 is 14.3 Å². The number of rotatable bonds is 9. The van der Waals surface area contributed by atoms with Crippen LogP contribution >= 0.6 is 0 Å². The molecule has 0 unspecified atom stereocenters. The minimum Gasteiger partial charge on any atom is -0.492 e. The number of hydrogen-bond acceptors (Lipinski definition) is 4. The fourth-order valence-corrected chi connectivity index (χ4v) is 2.60. The lowest BCUT2D eigenvalue weighted by atomic mass is 10.2. The second-order valence-electron chi connectivity index (χ2n) is 6.47. The molecule has 0 aliphatic carbocycles. The van der Waals surface area contributed by atoms with Crippen LogP contribution in [0.5, 0.6) is 11.5 Å². The fourth-order valence-electron chi connectivity index (χ4n) is 2.60. The minimum atomic E-state index is -0.159. The normalized spacial score (nSPS) is 10.7. The van der Waals surface area contributed by atoms with Gasteiger partial charge in [-0.05, 0) is 60.5 Å². The van der Waals surface area contributed by atoms with Crippen molar-refractivity contribution >= 4 is 12.0 Å². The van der Waals surface area contributed by atoms with Gasteiger partial charge in [0.15, 0.2) is 0 Å². The smallest absolute Gasteiger partial charge is 0.244 e. The van der Waals surface area contributed by atoms with E-state index in [2.05, 4.69) is 10.3 Å². The second kappa shape index (κ2) is 10.7. The van der Waals surface area contributed by atoms with Gasteiger partial charge in [0, 0.05) is 12.3 Å². The van der Waals surface area contributed by atoms with Crippen LogP contribution in [-0.4, -0.2) is 24.0 Å². The summed E-state index contributed by atoms with van der Waals surface area (Å²) in [4.78, 5) is 16.1. The van der Waals surface area contributed by atoms with E-state index in [-0.39, 0.29) is 5.91 Å². The highest BCUT2D eigenvalue weighted by molar-refractivity contribution is 5.91. The molecule has 0 atom stereocenters. The molecule has 0 radical (unpaired) electrons. The molecular weight excluding hydrogens is 364 g/mol. The molecule has 148 valence electrons. The predicted molar refractivity (Wildman–Crippen MR) is 114 cm³/mol. The Kier molecular flexibility index (Phi) is 7.41. The summed E-state index contributed by atoms with van der Waals surface area (Å²) < 4.78 is 11.3. The molecule has 29 heavy (non-hydrogen) atoms. The summed E-state index contributed by atoms with van der Waals surface area (Å²) in [6.07, 6.45) is 5.02. The van der Waals surface area contributed by atoms with E-state index in [1.54, 1.807) is 12.3 Å². The third-order valence-electron chi connectivity index (χ3n) is 4.08. The molecular formula is C24H24N2O3. The number of nitrogens with zero attached hydrogens (tertiary/aromatic N) is 1. The van der Waals surface area contributed by atoms with E-state index in [1.165, 1.54) is 6.08 Å². The number of hydrogen-bond donors (Lipinski definition) is 1. The molecule has 0 aliphatic heterocycles. The monoisotopic (exact) mass is 388 g/mol. The van der Waals surface area contributed by atoms with Gasteiger partial charge >= 0.3 is 0 Å². The van der Waals surface area contributed by atoms with Crippen LogP contribution in [0.1, 0.15) is 16.8 Å². The predicted octanol–water partition coefficient (Wildman–Crippen LogP) is 4.18. The Hall–Kier alpha value is -3.60. The number of benzene rings is 2. The first-order valence-corrected chi connectivity index (χ1v) is 9.47. The molecule has 1 aromatic heterocycles. The summed E-state index contributed by atoms with van der Waals surface area (Å²) in [5, 5.41) is 2.81. The van der Waals surface area contributed by atoms with E-state index in [4.69, 9.17) is 9.47 Å². The first kappa shape index (κ1) is 20.1. The van der Waals surface area contributed by atoms with E-state index in [0.717, 1.165) is 28.3 Å². The maximum Gasteiger partial charge on any atom is 0.244 e. The summed E-state index contributed by atoms with van der Waals surface area (Å²) >= 11 is 0. The molecule has 0 saturated carbocycles. The third kappa shape index (κ3) is 7.14. The number of carbonyl (C=O) groups excluding carboxylic acids is 1. The molecule has 1 amide bonds. The highest BCUT2D eigenvalue weighted by Crippen LogP contribution is 2.15. The second-order valence-corrected chi connectivity index (χ2v) is 6.47. The first-order chi connectivity index (χ1) is 14.2. The van der Waals surface area contributed by atoms with Crippen molar-refractivity contribution in [2.45, 2.75) is 13.5 Å². The number of pyridine rings is 1. The van der Waals surface area contributed by atoms with Gasteiger partial charge in [0.05, 0.1) is 12.2 Å². The molecule has 1 heterocycles. The summed E-state index contributed by atoms with van der Waals surface area (Å²) in [5.74, 6) is 1.40. The van der Waals surface area contributed by atoms with Crippen molar-refractivity contribution in [2.75, 3.05) is 13.2 Å². The Labute approximate surface area is 171 Å². The van der Waals surface area contributed by atoms with Gasteiger partial charge in [-0.2, -0.15) is 0 Å². The molecule has 0 bridgehead atoms. The van der Waals surface area contributed by atoms with E-state index in [9.17, 15) is 4.79 Å². The standard InChI is InChI=1S/C24H24N2O3/c1-19-5-4-7-23(17-19)28-16-15-26-24(27)13-10-20-8-11-22(12-9-20)29-18-21-6-2-3-14-25-21/h2-14,17H,15-16,18H2,1H3,(H,26,27)/b13-10+. The number of amides is 1. The summed E-state index contributed by atoms with van der Waals surface area (Å²) in [6, 6.07) is 21.1. The van der Waals surface area contributed by atoms with Crippen LogP contribution in [0.2, 0.25) is 0 Å². The minimum absolute atomic E-state index is 0.159. The Morgan fingerprint density at radius 1 is 1.00 bits per heavy atom. The number of aromatic nitrogens is 1. The van der Waals surface area contributed by atoms with Crippen molar-refractivity contribution in [3.63, 3.8) is 0 Å². The van der Waals surface area contributed by atoms with Crippen molar-refractivity contribution in [3.8, 4) is 11.5 Å². The maximum atomic E-state index is 11.9. The van der Waals surface area contributed by atoms with Crippen LogP contribution < -0.4 is 14.8 Å². The van der Waals surface area contributed by atoms with Crippen LogP contribution in [0.4, 0.5) is 0 Å². The molecule has 1 N–H and O–H groups in total. The topological polar surface area (TPSA) is 60.5 Å². The van der Waals surface area contributed by atoms with Crippen LogP contribution in [0.25, 0.3) is 6.08 Å². The lowest BCUT2D eigenvalue weighted by Gasteiger charge is -2.07. The zero-order valence-corrected chi connectivity index (χ0v) is 16.4. The van der Waals surface area contributed by atoms with Gasteiger partial charge in [-0.15, -0.1) is 0 Å². The summed E-state index contributed by atoms with van der Waals surface area (Å²) in [6.45, 7) is 3.30.